The van der Waals surface area contributed by atoms with E-state index in [9.17, 15) is 27.2 Å². The number of alkyl halides is 3. The number of carbonyl (C=O) groups is 2. The zero-order valence-corrected chi connectivity index (χ0v) is 17.0. The predicted octanol–water partition coefficient (Wildman–Crippen LogP) is 3.87. The van der Waals surface area contributed by atoms with Crippen molar-refractivity contribution < 1.29 is 31.9 Å². The van der Waals surface area contributed by atoms with Gasteiger partial charge in [-0.1, -0.05) is 13.8 Å². The van der Waals surface area contributed by atoms with Gasteiger partial charge in [0.2, 0.25) is 5.91 Å². The average molecular weight is 440 g/mol. The van der Waals surface area contributed by atoms with Crippen molar-refractivity contribution in [3.05, 3.63) is 47.0 Å². The Morgan fingerprint density at radius 2 is 2.00 bits per heavy atom. The first-order chi connectivity index (χ1) is 14.5. The van der Waals surface area contributed by atoms with Gasteiger partial charge in [0.25, 0.3) is 11.8 Å². The van der Waals surface area contributed by atoms with Crippen LogP contribution in [0.15, 0.2) is 24.5 Å². The lowest BCUT2D eigenvalue weighted by atomic mass is 10.1. The van der Waals surface area contributed by atoms with Crippen molar-refractivity contribution in [2.45, 2.75) is 39.5 Å². The highest BCUT2D eigenvalue weighted by Crippen LogP contribution is 2.34. The van der Waals surface area contributed by atoms with Crippen molar-refractivity contribution in [3.8, 4) is 5.88 Å². The van der Waals surface area contributed by atoms with E-state index in [-0.39, 0.29) is 35.7 Å². The maximum absolute atomic E-state index is 14.2. The highest BCUT2D eigenvalue weighted by Gasteiger charge is 2.35. The van der Waals surface area contributed by atoms with E-state index in [2.05, 4.69) is 20.0 Å². The molecule has 166 valence electrons. The molecule has 3 heterocycles. The third-order valence-electron chi connectivity index (χ3n) is 4.79. The Morgan fingerprint density at radius 3 is 2.61 bits per heavy atom. The van der Waals surface area contributed by atoms with Gasteiger partial charge in [0.1, 0.15) is 5.82 Å². The molecule has 31 heavy (non-hydrogen) atoms. The van der Waals surface area contributed by atoms with Gasteiger partial charge in [-0.25, -0.2) is 14.4 Å². The molecule has 1 atom stereocenters. The number of nitrogens with one attached hydrogen (secondary N) is 1. The van der Waals surface area contributed by atoms with Gasteiger partial charge in [-0.3, -0.25) is 9.59 Å². The zero-order chi connectivity index (χ0) is 22.9. The predicted molar refractivity (Wildman–Crippen MR) is 102 cm³/mol. The second-order valence-corrected chi connectivity index (χ2v) is 7.40. The minimum absolute atomic E-state index is 0.116. The first kappa shape index (κ1) is 22.4. The molecule has 2 amide bonds. The second kappa shape index (κ2) is 8.48. The molecule has 0 spiro atoms. The van der Waals surface area contributed by atoms with Crippen LogP contribution in [0.4, 0.5) is 23.4 Å². The normalized spacial score (nSPS) is 14.6. The van der Waals surface area contributed by atoms with Crippen LogP contribution in [0.5, 0.6) is 5.88 Å². The number of halogens is 4. The lowest BCUT2D eigenvalue weighted by molar-refractivity contribution is -0.154. The molecule has 0 saturated carbocycles. The lowest BCUT2D eigenvalue weighted by Gasteiger charge is -2.24. The van der Waals surface area contributed by atoms with Gasteiger partial charge in [-0.05, 0) is 24.6 Å². The Morgan fingerprint density at radius 1 is 1.29 bits per heavy atom. The Labute approximate surface area is 175 Å². The monoisotopic (exact) mass is 440 g/mol. The van der Waals surface area contributed by atoms with E-state index in [0.29, 0.717) is 11.1 Å². The summed E-state index contributed by atoms with van der Waals surface area (Å²) >= 11 is 0. The minimum Gasteiger partial charge on any atom is -0.466 e. The van der Waals surface area contributed by atoms with E-state index in [1.165, 1.54) is 17.2 Å². The van der Waals surface area contributed by atoms with Crippen LogP contribution in [0.1, 0.15) is 48.3 Å². The topological polar surface area (TPSA) is 84.4 Å². The van der Waals surface area contributed by atoms with Crippen molar-refractivity contribution in [1.82, 2.24) is 14.9 Å². The third-order valence-corrected chi connectivity index (χ3v) is 4.79. The number of pyridine rings is 2. The molecule has 0 aliphatic carbocycles. The first-order valence-electron chi connectivity index (χ1n) is 9.42. The molecule has 0 bridgehead atoms. The molecule has 0 fully saturated rings. The zero-order valence-electron chi connectivity index (χ0n) is 17.0. The van der Waals surface area contributed by atoms with Gasteiger partial charge in [0.05, 0.1) is 12.6 Å². The molecular weight excluding hydrogens is 420 g/mol. The van der Waals surface area contributed by atoms with Crippen LogP contribution in [-0.4, -0.2) is 39.5 Å². The van der Waals surface area contributed by atoms with Gasteiger partial charge in [0.15, 0.2) is 12.4 Å². The highest BCUT2D eigenvalue weighted by molar-refractivity contribution is 6.01. The van der Waals surface area contributed by atoms with Crippen molar-refractivity contribution in [2.75, 3.05) is 11.9 Å². The van der Waals surface area contributed by atoms with Crippen molar-refractivity contribution >= 4 is 17.6 Å². The van der Waals surface area contributed by atoms with Crippen LogP contribution in [0.2, 0.25) is 0 Å². The molecule has 11 heteroatoms. The van der Waals surface area contributed by atoms with Gasteiger partial charge in [0, 0.05) is 29.4 Å². The molecule has 1 N–H and O–H groups in total. The number of aromatic nitrogens is 2. The second-order valence-electron chi connectivity index (χ2n) is 7.40. The van der Waals surface area contributed by atoms with E-state index in [0.717, 1.165) is 12.3 Å². The number of carbonyl (C=O) groups excluding carboxylic acids is 2. The summed E-state index contributed by atoms with van der Waals surface area (Å²) in [6.45, 7) is 3.54. The summed E-state index contributed by atoms with van der Waals surface area (Å²) < 4.78 is 55.4. The number of nitrogens with zero attached hydrogens (tertiary/aromatic N) is 3. The highest BCUT2D eigenvalue weighted by atomic mass is 19.4. The quantitative estimate of drug-likeness (QED) is 0.690. The number of anilines is 1. The van der Waals surface area contributed by atoms with Gasteiger partial charge in [-0.15, -0.1) is 0 Å². The number of hydrogen-bond acceptors (Lipinski definition) is 5. The molecule has 0 aromatic carbocycles. The molecule has 2 aromatic rings. The molecule has 3 rings (SSSR count). The summed E-state index contributed by atoms with van der Waals surface area (Å²) in [5.41, 5.74) is 1.17. The smallest absolute Gasteiger partial charge is 0.422 e. The Balaban J connectivity index is 1.80. The Hall–Kier alpha value is -3.24. The van der Waals surface area contributed by atoms with Crippen LogP contribution < -0.4 is 10.1 Å². The van der Waals surface area contributed by atoms with Gasteiger partial charge < -0.3 is 15.0 Å². The number of amides is 2. The maximum atomic E-state index is 14.2. The summed E-state index contributed by atoms with van der Waals surface area (Å²) in [5, 5.41) is 2.69. The molecule has 1 aliphatic rings. The van der Waals surface area contributed by atoms with E-state index < -0.39 is 30.5 Å². The van der Waals surface area contributed by atoms with Crippen LogP contribution in [-0.2, 0) is 11.3 Å². The Bertz CT molecular complexity index is 1010. The van der Waals surface area contributed by atoms with Crippen molar-refractivity contribution in [3.63, 3.8) is 0 Å². The summed E-state index contributed by atoms with van der Waals surface area (Å²) in [6.07, 6.45) is -2.05. The molecule has 1 aliphatic heterocycles. The SMILES string of the molecule is CC(C)C(=O)Nc1nccc2c1CN(C(C)c1cnc(OCC(F)(F)F)c(F)c1)C2=O. The summed E-state index contributed by atoms with van der Waals surface area (Å²) in [5.74, 6) is -2.43. The lowest BCUT2D eigenvalue weighted by Crippen LogP contribution is -2.27. The van der Waals surface area contributed by atoms with Crippen molar-refractivity contribution in [1.29, 1.82) is 0 Å². The fourth-order valence-corrected chi connectivity index (χ4v) is 3.04. The average Bonchev–Trinajstić information content (AvgIpc) is 3.03. The summed E-state index contributed by atoms with van der Waals surface area (Å²) in [6, 6.07) is 1.87. The van der Waals surface area contributed by atoms with E-state index >= 15 is 0 Å². The fraction of sp³-hybridized carbons (Fsp3) is 0.400. The molecular formula is C20H20F4N4O3. The van der Waals surface area contributed by atoms with Crippen LogP contribution in [0, 0.1) is 11.7 Å². The largest absolute Gasteiger partial charge is 0.466 e. The number of ether oxygens (including phenoxy) is 1. The minimum atomic E-state index is -4.62. The third kappa shape index (κ3) is 4.92. The summed E-state index contributed by atoms with van der Waals surface area (Å²) in [7, 11) is 0. The maximum Gasteiger partial charge on any atom is 0.422 e. The van der Waals surface area contributed by atoms with Crippen LogP contribution in [0.3, 0.4) is 0 Å². The van der Waals surface area contributed by atoms with E-state index in [1.807, 2.05) is 0 Å². The molecule has 1 unspecified atom stereocenters. The number of rotatable bonds is 6. The fourth-order valence-electron chi connectivity index (χ4n) is 3.04. The number of fused-ring (bicyclic) bond motifs is 1. The van der Waals surface area contributed by atoms with Crippen LogP contribution >= 0.6 is 0 Å². The standard InChI is InChI=1S/C20H20F4N4O3/c1-10(2)17(29)27-16-14-8-28(19(30)13(14)4-5-25-16)11(3)12-6-15(21)18(26-7-12)31-9-20(22,23)24/h4-7,10-11H,8-9H2,1-3H3,(H,25,27,29). The molecule has 0 radical (unpaired) electrons. The van der Waals surface area contributed by atoms with Gasteiger partial charge in [-0.2, -0.15) is 13.2 Å². The van der Waals surface area contributed by atoms with Gasteiger partial charge >= 0.3 is 6.18 Å². The molecule has 0 saturated heterocycles. The molecule has 2 aromatic heterocycles. The van der Waals surface area contributed by atoms with Crippen LogP contribution in [0.25, 0.3) is 0 Å². The van der Waals surface area contributed by atoms with Crippen molar-refractivity contribution in [2.24, 2.45) is 5.92 Å². The first-order valence-corrected chi connectivity index (χ1v) is 9.42. The molecule has 7 nitrogen and oxygen atoms in total. The van der Waals surface area contributed by atoms with E-state index in [4.69, 9.17) is 0 Å². The summed E-state index contributed by atoms with van der Waals surface area (Å²) in [4.78, 5) is 34.1. The Kier molecular flexibility index (Phi) is 6.14. The van der Waals surface area contributed by atoms with E-state index in [1.54, 1.807) is 20.8 Å². The number of hydrogen-bond donors (Lipinski definition) is 1.